The summed E-state index contributed by atoms with van der Waals surface area (Å²) in [7, 11) is 0. The molecule has 20 heavy (non-hydrogen) atoms. The maximum absolute atomic E-state index is 12.3. The van der Waals surface area contributed by atoms with Crippen molar-refractivity contribution in [1.82, 2.24) is 15.4 Å². The molecule has 2 atom stereocenters. The smallest absolute Gasteiger partial charge is 0.318 e. The first kappa shape index (κ1) is 14.9. The van der Waals surface area contributed by atoms with Gasteiger partial charge in [0.05, 0.1) is 11.7 Å². The summed E-state index contributed by atoms with van der Waals surface area (Å²) in [4.78, 5) is 14.2. The molecule has 1 N–H and O–H groups in total. The minimum absolute atomic E-state index is 0.00402. The summed E-state index contributed by atoms with van der Waals surface area (Å²) >= 11 is 0. The zero-order valence-electron chi connectivity index (χ0n) is 12.8. The van der Waals surface area contributed by atoms with E-state index in [1.165, 1.54) is 0 Å². The second-order valence-corrected chi connectivity index (χ2v) is 5.92. The molecule has 1 aromatic heterocycles. The van der Waals surface area contributed by atoms with Crippen molar-refractivity contribution in [2.75, 3.05) is 6.54 Å². The molecule has 0 spiro atoms. The number of amides is 2. The summed E-state index contributed by atoms with van der Waals surface area (Å²) in [6, 6.07) is 2.22. The predicted octanol–water partition coefficient (Wildman–Crippen LogP) is 3.44. The minimum Gasteiger partial charge on any atom is -0.359 e. The van der Waals surface area contributed by atoms with Crippen LogP contribution in [0, 0.1) is 0 Å². The molecule has 1 aromatic rings. The van der Waals surface area contributed by atoms with Crippen LogP contribution in [0.3, 0.4) is 0 Å². The van der Waals surface area contributed by atoms with Crippen LogP contribution in [-0.2, 0) is 0 Å². The summed E-state index contributed by atoms with van der Waals surface area (Å²) in [5, 5.41) is 7.12. The first-order valence-corrected chi connectivity index (χ1v) is 7.56. The summed E-state index contributed by atoms with van der Waals surface area (Å²) in [5.74, 6) is 1.15. The number of hydrogen-bond donors (Lipinski definition) is 1. The van der Waals surface area contributed by atoms with Crippen LogP contribution in [0.15, 0.2) is 10.6 Å². The molecule has 0 aromatic carbocycles. The van der Waals surface area contributed by atoms with E-state index in [1.54, 1.807) is 0 Å². The van der Waals surface area contributed by atoms with Crippen molar-refractivity contribution in [1.29, 1.82) is 0 Å². The molecule has 2 heterocycles. The van der Waals surface area contributed by atoms with Gasteiger partial charge in [-0.2, -0.15) is 0 Å². The van der Waals surface area contributed by atoms with Gasteiger partial charge in [0, 0.05) is 18.7 Å². The number of nitrogens with one attached hydrogen (secondary N) is 1. The van der Waals surface area contributed by atoms with Crippen LogP contribution in [0.4, 0.5) is 4.79 Å². The van der Waals surface area contributed by atoms with Crippen LogP contribution in [0.2, 0.25) is 0 Å². The van der Waals surface area contributed by atoms with Gasteiger partial charge in [-0.05, 0) is 32.1 Å². The third-order valence-electron chi connectivity index (χ3n) is 3.96. The van der Waals surface area contributed by atoms with E-state index in [9.17, 15) is 4.79 Å². The third kappa shape index (κ3) is 3.14. The Bertz CT molecular complexity index is 456. The minimum atomic E-state index is 0.00402. The first-order chi connectivity index (χ1) is 9.52. The summed E-state index contributed by atoms with van der Waals surface area (Å²) in [6.07, 6.45) is 2.89. The molecule has 1 aliphatic rings. The number of hydrogen-bond acceptors (Lipinski definition) is 3. The number of nitrogens with zero attached hydrogens (tertiary/aromatic N) is 2. The lowest BCUT2D eigenvalue weighted by atomic mass is 10.1. The summed E-state index contributed by atoms with van der Waals surface area (Å²) in [5.41, 5.74) is 0.953. The summed E-state index contributed by atoms with van der Waals surface area (Å²) in [6.45, 7) is 9.05. The molecule has 5 nitrogen and oxygen atoms in total. The molecule has 1 fully saturated rings. The van der Waals surface area contributed by atoms with E-state index in [2.05, 4.69) is 31.2 Å². The van der Waals surface area contributed by atoms with Gasteiger partial charge in [-0.25, -0.2) is 4.79 Å². The van der Waals surface area contributed by atoms with E-state index >= 15 is 0 Å². The van der Waals surface area contributed by atoms with Crippen molar-refractivity contribution in [3.63, 3.8) is 0 Å². The fraction of sp³-hybridized carbons (Fsp3) is 0.733. The Morgan fingerprint density at radius 1 is 1.55 bits per heavy atom. The van der Waals surface area contributed by atoms with Crippen LogP contribution < -0.4 is 5.32 Å². The number of likely N-dealkylation sites (tertiary alicyclic amines) is 1. The molecular formula is C15H25N3O2. The van der Waals surface area contributed by atoms with Crippen molar-refractivity contribution < 1.29 is 9.32 Å². The number of rotatable bonds is 4. The Labute approximate surface area is 120 Å². The monoisotopic (exact) mass is 279 g/mol. The molecule has 112 valence electrons. The molecule has 2 amide bonds. The number of aromatic nitrogens is 1. The van der Waals surface area contributed by atoms with Crippen LogP contribution >= 0.6 is 0 Å². The van der Waals surface area contributed by atoms with Gasteiger partial charge in [0.1, 0.15) is 0 Å². The zero-order valence-corrected chi connectivity index (χ0v) is 12.8. The van der Waals surface area contributed by atoms with Crippen molar-refractivity contribution in [3.8, 4) is 0 Å². The third-order valence-corrected chi connectivity index (χ3v) is 3.96. The second-order valence-electron chi connectivity index (χ2n) is 5.92. The fourth-order valence-electron chi connectivity index (χ4n) is 2.43. The van der Waals surface area contributed by atoms with Crippen molar-refractivity contribution in [2.45, 2.75) is 65.0 Å². The standard InChI is InChI=1S/C15H25N3O2/c1-5-11(4)16-15(19)18-8-6-7-13(18)14-9-12(10(2)3)17-20-14/h9-11,13H,5-8H2,1-4H3,(H,16,19)/t11-,13+/m0/s1. The van der Waals surface area contributed by atoms with Gasteiger partial charge in [0.15, 0.2) is 5.76 Å². The molecule has 0 radical (unpaired) electrons. The second kappa shape index (κ2) is 6.29. The van der Waals surface area contributed by atoms with Gasteiger partial charge in [-0.3, -0.25) is 0 Å². The van der Waals surface area contributed by atoms with E-state index in [-0.39, 0.29) is 18.1 Å². The zero-order chi connectivity index (χ0) is 14.7. The molecule has 0 unspecified atom stereocenters. The quantitative estimate of drug-likeness (QED) is 0.918. The summed E-state index contributed by atoms with van der Waals surface area (Å²) < 4.78 is 5.45. The molecule has 0 saturated carbocycles. The maximum Gasteiger partial charge on any atom is 0.318 e. The number of carbonyl (C=O) groups is 1. The predicted molar refractivity (Wildman–Crippen MR) is 77.6 cm³/mol. The Morgan fingerprint density at radius 2 is 2.30 bits per heavy atom. The lowest BCUT2D eigenvalue weighted by molar-refractivity contribution is 0.179. The highest BCUT2D eigenvalue weighted by atomic mass is 16.5. The molecule has 5 heteroatoms. The lowest BCUT2D eigenvalue weighted by Gasteiger charge is -2.24. The van der Waals surface area contributed by atoms with Gasteiger partial charge in [0.2, 0.25) is 0 Å². The van der Waals surface area contributed by atoms with E-state index in [4.69, 9.17) is 4.52 Å². The Kier molecular flexibility index (Phi) is 4.68. The van der Waals surface area contributed by atoms with Gasteiger partial charge in [-0.1, -0.05) is 25.9 Å². The highest BCUT2D eigenvalue weighted by Gasteiger charge is 2.33. The largest absolute Gasteiger partial charge is 0.359 e. The Morgan fingerprint density at radius 3 is 2.90 bits per heavy atom. The van der Waals surface area contributed by atoms with Gasteiger partial charge < -0.3 is 14.7 Å². The van der Waals surface area contributed by atoms with E-state index in [0.717, 1.165) is 37.3 Å². The molecular weight excluding hydrogens is 254 g/mol. The van der Waals surface area contributed by atoms with Crippen LogP contribution in [-0.4, -0.2) is 28.7 Å². The van der Waals surface area contributed by atoms with E-state index in [1.807, 2.05) is 17.9 Å². The van der Waals surface area contributed by atoms with E-state index in [0.29, 0.717) is 5.92 Å². The van der Waals surface area contributed by atoms with Crippen molar-refractivity contribution >= 4 is 6.03 Å². The molecule has 1 saturated heterocycles. The SMILES string of the molecule is CC[C@H](C)NC(=O)N1CCC[C@@H]1c1cc(C(C)C)no1. The van der Waals surface area contributed by atoms with Crippen molar-refractivity contribution in [2.24, 2.45) is 0 Å². The average molecular weight is 279 g/mol. The van der Waals surface area contributed by atoms with E-state index < -0.39 is 0 Å². The molecule has 1 aliphatic heterocycles. The highest BCUT2D eigenvalue weighted by Crippen LogP contribution is 2.33. The van der Waals surface area contributed by atoms with Gasteiger partial charge in [0.25, 0.3) is 0 Å². The molecule has 2 rings (SSSR count). The normalized spacial score (nSPS) is 20.4. The van der Waals surface area contributed by atoms with Crippen molar-refractivity contribution in [3.05, 3.63) is 17.5 Å². The maximum atomic E-state index is 12.3. The average Bonchev–Trinajstić information content (AvgIpc) is 3.06. The van der Waals surface area contributed by atoms with Crippen LogP contribution in [0.25, 0.3) is 0 Å². The Balaban J connectivity index is 2.08. The molecule has 0 bridgehead atoms. The first-order valence-electron chi connectivity index (χ1n) is 7.56. The van der Waals surface area contributed by atoms with Crippen LogP contribution in [0.1, 0.15) is 70.4 Å². The lowest BCUT2D eigenvalue weighted by Crippen LogP contribution is -2.43. The van der Waals surface area contributed by atoms with Crippen LogP contribution in [0.5, 0.6) is 0 Å². The number of urea groups is 1. The fourth-order valence-corrected chi connectivity index (χ4v) is 2.43. The van der Waals surface area contributed by atoms with Gasteiger partial charge in [-0.15, -0.1) is 0 Å². The number of carbonyl (C=O) groups excluding carboxylic acids is 1. The van der Waals surface area contributed by atoms with Gasteiger partial charge >= 0.3 is 6.03 Å². The topological polar surface area (TPSA) is 58.4 Å². The Hall–Kier alpha value is -1.52. The molecule has 0 aliphatic carbocycles. The highest BCUT2D eigenvalue weighted by molar-refractivity contribution is 5.75.